The van der Waals surface area contributed by atoms with Crippen LogP contribution in [0.15, 0.2) is 23.1 Å². The van der Waals surface area contributed by atoms with Gasteiger partial charge >= 0.3 is 0 Å². The number of halogens is 2. The van der Waals surface area contributed by atoms with Crippen LogP contribution in [-0.4, -0.2) is 26.3 Å². The molecule has 2 atom stereocenters. The number of benzene rings is 1. The highest BCUT2D eigenvalue weighted by Gasteiger charge is 2.35. The fraction of sp³-hybridized carbons (Fsp3) is 0.600. The molecule has 118 valence electrons. The first kappa shape index (κ1) is 16.4. The molecule has 1 saturated carbocycles. The van der Waals surface area contributed by atoms with E-state index in [1.54, 1.807) is 0 Å². The largest absolute Gasteiger partial charge is 0.313 e. The maximum atomic E-state index is 13.3. The van der Waals surface area contributed by atoms with Gasteiger partial charge in [0, 0.05) is 6.04 Å². The summed E-state index contributed by atoms with van der Waals surface area (Å²) in [7, 11) is -3.67. The zero-order valence-electron chi connectivity index (χ0n) is 12.1. The molecule has 1 aliphatic rings. The van der Waals surface area contributed by atoms with Crippen molar-refractivity contribution in [3.05, 3.63) is 29.8 Å². The molecule has 0 amide bonds. The van der Waals surface area contributed by atoms with Crippen molar-refractivity contribution in [2.24, 2.45) is 0 Å². The molecule has 0 heterocycles. The van der Waals surface area contributed by atoms with Gasteiger partial charge in [0.1, 0.15) is 0 Å². The highest BCUT2D eigenvalue weighted by molar-refractivity contribution is 7.92. The third-order valence-electron chi connectivity index (χ3n) is 4.04. The second-order valence-electron chi connectivity index (χ2n) is 5.46. The molecule has 3 nitrogen and oxygen atoms in total. The molecule has 0 spiro atoms. The fourth-order valence-corrected chi connectivity index (χ4v) is 4.99. The lowest BCUT2D eigenvalue weighted by atomic mass is 10.1. The van der Waals surface area contributed by atoms with Gasteiger partial charge in [-0.15, -0.1) is 0 Å². The van der Waals surface area contributed by atoms with Gasteiger partial charge in [-0.2, -0.15) is 0 Å². The van der Waals surface area contributed by atoms with Crippen molar-refractivity contribution in [1.82, 2.24) is 5.32 Å². The number of hydrogen-bond donors (Lipinski definition) is 1. The van der Waals surface area contributed by atoms with Crippen LogP contribution in [0.25, 0.3) is 0 Å². The molecule has 1 aliphatic carbocycles. The summed E-state index contributed by atoms with van der Waals surface area (Å²) in [6.45, 7) is 2.63. The smallest absolute Gasteiger partial charge is 0.182 e. The molecule has 2 unspecified atom stereocenters. The Labute approximate surface area is 124 Å². The van der Waals surface area contributed by atoms with Crippen LogP contribution < -0.4 is 5.32 Å². The molecule has 2 rings (SSSR count). The van der Waals surface area contributed by atoms with E-state index < -0.39 is 26.7 Å². The zero-order valence-corrected chi connectivity index (χ0v) is 12.9. The molecule has 1 aromatic rings. The van der Waals surface area contributed by atoms with Gasteiger partial charge in [-0.25, -0.2) is 17.2 Å². The normalized spacial score (nSPS) is 23.8. The Morgan fingerprint density at radius 1 is 1.14 bits per heavy atom. The highest BCUT2D eigenvalue weighted by atomic mass is 32.2. The average Bonchev–Trinajstić information content (AvgIpc) is 2.68. The number of nitrogens with one attached hydrogen (secondary N) is 1. The third-order valence-corrected chi connectivity index (χ3v) is 6.31. The van der Waals surface area contributed by atoms with Crippen molar-refractivity contribution in [3.63, 3.8) is 0 Å². The van der Waals surface area contributed by atoms with Crippen LogP contribution in [0.1, 0.15) is 39.0 Å². The molecule has 0 aromatic heterocycles. The van der Waals surface area contributed by atoms with E-state index in [1.165, 1.54) is 0 Å². The lowest BCUT2D eigenvalue weighted by Crippen LogP contribution is -2.43. The Morgan fingerprint density at radius 3 is 2.52 bits per heavy atom. The summed E-state index contributed by atoms with van der Waals surface area (Å²) in [4.78, 5) is -0.129. The van der Waals surface area contributed by atoms with Crippen LogP contribution in [0, 0.1) is 11.6 Å². The van der Waals surface area contributed by atoms with Gasteiger partial charge in [-0.05, 0) is 37.6 Å². The Balaban J connectivity index is 2.36. The van der Waals surface area contributed by atoms with E-state index in [2.05, 4.69) is 5.32 Å². The predicted octanol–water partition coefficient (Wildman–Crippen LogP) is 3.05. The van der Waals surface area contributed by atoms with Crippen LogP contribution >= 0.6 is 0 Å². The van der Waals surface area contributed by atoms with Crippen molar-refractivity contribution in [1.29, 1.82) is 0 Å². The minimum absolute atomic E-state index is 0.129. The van der Waals surface area contributed by atoms with Crippen LogP contribution in [0.3, 0.4) is 0 Å². The second-order valence-corrected chi connectivity index (χ2v) is 7.63. The average molecular weight is 317 g/mol. The standard InChI is InChI=1S/C15H21F2NO2S/c1-2-18-14-6-4-3-5-7-15(14)21(19,20)11-8-9-12(16)13(17)10-11/h8-10,14-15,18H,2-7H2,1H3. The third kappa shape index (κ3) is 3.61. The molecule has 21 heavy (non-hydrogen) atoms. The van der Waals surface area contributed by atoms with Gasteiger partial charge in [-0.1, -0.05) is 26.2 Å². The molecule has 1 fully saturated rings. The highest BCUT2D eigenvalue weighted by Crippen LogP contribution is 2.29. The lowest BCUT2D eigenvalue weighted by Gasteiger charge is -2.25. The summed E-state index contributed by atoms with van der Waals surface area (Å²) in [6.07, 6.45) is 4.18. The topological polar surface area (TPSA) is 46.2 Å². The molecular formula is C15H21F2NO2S. The van der Waals surface area contributed by atoms with Crippen LogP contribution in [0.5, 0.6) is 0 Å². The Morgan fingerprint density at radius 2 is 1.86 bits per heavy atom. The molecule has 0 saturated heterocycles. The van der Waals surface area contributed by atoms with Crippen molar-refractivity contribution in [2.75, 3.05) is 6.54 Å². The van der Waals surface area contributed by atoms with Crippen molar-refractivity contribution in [2.45, 2.75) is 55.2 Å². The predicted molar refractivity (Wildman–Crippen MR) is 77.9 cm³/mol. The zero-order chi connectivity index (χ0) is 15.5. The molecule has 0 bridgehead atoms. The second kappa shape index (κ2) is 6.83. The first-order valence-corrected chi connectivity index (χ1v) is 8.93. The fourth-order valence-electron chi connectivity index (χ4n) is 2.97. The van der Waals surface area contributed by atoms with E-state index in [0.29, 0.717) is 13.0 Å². The van der Waals surface area contributed by atoms with Crippen molar-refractivity contribution >= 4 is 9.84 Å². The summed E-state index contributed by atoms with van der Waals surface area (Å²) >= 11 is 0. The summed E-state index contributed by atoms with van der Waals surface area (Å²) in [5.41, 5.74) is 0. The number of sulfone groups is 1. The number of rotatable bonds is 4. The summed E-state index contributed by atoms with van der Waals surface area (Å²) in [5, 5.41) is 2.65. The minimum Gasteiger partial charge on any atom is -0.313 e. The van der Waals surface area contributed by atoms with Gasteiger partial charge in [0.25, 0.3) is 0 Å². The van der Waals surface area contributed by atoms with E-state index in [0.717, 1.165) is 43.9 Å². The van der Waals surface area contributed by atoms with Gasteiger partial charge in [0.15, 0.2) is 21.5 Å². The molecule has 0 aliphatic heterocycles. The molecule has 1 aromatic carbocycles. The van der Waals surface area contributed by atoms with Crippen molar-refractivity contribution < 1.29 is 17.2 Å². The van der Waals surface area contributed by atoms with Gasteiger partial charge in [0.2, 0.25) is 0 Å². The van der Waals surface area contributed by atoms with Gasteiger partial charge in [-0.3, -0.25) is 0 Å². The molecule has 0 radical (unpaired) electrons. The van der Waals surface area contributed by atoms with E-state index in [-0.39, 0.29) is 10.9 Å². The van der Waals surface area contributed by atoms with Gasteiger partial charge < -0.3 is 5.32 Å². The van der Waals surface area contributed by atoms with E-state index in [1.807, 2.05) is 6.92 Å². The van der Waals surface area contributed by atoms with E-state index >= 15 is 0 Å². The monoisotopic (exact) mass is 317 g/mol. The van der Waals surface area contributed by atoms with E-state index in [9.17, 15) is 17.2 Å². The van der Waals surface area contributed by atoms with Crippen molar-refractivity contribution in [3.8, 4) is 0 Å². The summed E-state index contributed by atoms with van der Waals surface area (Å²) < 4.78 is 51.9. The molecule has 6 heteroatoms. The lowest BCUT2D eigenvalue weighted by molar-refractivity contribution is 0.459. The van der Waals surface area contributed by atoms with Crippen LogP contribution in [0.4, 0.5) is 8.78 Å². The molecular weight excluding hydrogens is 296 g/mol. The first-order chi connectivity index (χ1) is 9.96. The van der Waals surface area contributed by atoms with Crippen LogP contribution in [0.2, 0.25) is 0 Å². The minimum atomic E-state index is -3.67. The maximum absolute atomic E-state index is 13.3. The summed E-state index contributed by atoms with van der Waals surface area (Å²) in [5.74, 6) is -2.15. The van der Waals surface area contributed by atoms with E-state index in [4.69, 9.17) is 0 Å². The summed E-state index contributed by atoms with van der Waals surface area (Å²) in [6, 6.07) is 2.69. The number of hydrogen-bond acceptors (Lipinski definition) is 3. The molecule has 1 N–H and O–H groups in total. The Kier molecular flexibility index (Phi) is 5.32. The van der Waals surface area contributed by atoms with Crippen LogP contribution in [-0.2, 0) is 9.84 Å². The SMILES string of the molecule is CCNC1CCCCCC1S(=O)(=O)c1ccc(F)c(F)c1. The Hall–Kier alpha value is -1.01. The van der Waals surface area contributed by atoms with Gasteiger partial charge in [0.05, 0.1) is 10.1 Å². The quantitative estimate of drug-likeness (QED) is 0.686. The Bertz CT molecular complexity index is 589. The first-order valence-electron chi connectivity index (χ1n) is 7.39. The maximum Gasteiger partial charge on any atom is 0.182 e.